The van der Waals surface area contributed by atoms with Crippen molar-refractivity contribution in [3.63, 3.8) is 0 Å². The summed E-state index contributed by atoms with van der Waals surface area (Å²) in [6.07, 6.45) is 0. The lowest BCUT2D eigenvalue weighted by atomic mass is 10.1. The van der Waals surface area contributed by atoms with E-state index in [-0.39, 0.29) is 5.91 Å². The van der Waals surface area contributed by atoms with E-state index in [0.717, 1.165) is 22.0 Å². The van der Waals surface area contributed by atoms with Crippen molar-refractivity contribution in [3.8, 4) is 0 Å². The van der Waals surface area contributed by atoms with Crippen LogP contribution in [0.5, 0.6) is 0 Å². The summed E-state index contributed by atoms with van der Waals surface area (Å²) in [5, 5.41) is 5.43. The van der Waals surface area contributed by atoms with Crippen LogP contribution in [0, 0.1) is 6.92 Å². The first-order valence-electron chi connectivity index (χ1n) is 5.83. The highest BCUT2D eigenvalue weighted by molar-refractivity contribution is 7.98. The zero-order valence-corrected chi connectivity index (χ0v) is 11.7. The average molecular weight is 276 g/mol. The highest BCUT2D eigenvalue weighted by Gasteiger charge is 2.05. The van der Waals surface area contributed by atoms with Crippen LogP contribution in [0.4, 0.5) is 0 Å². The summed E-state index contributed by atoms with van der Waals surface area (Å²) >= 11 is 1.72. The molecule has 0 aliphatic heterocycles. The molecule has 0 radical (unpaired) electrons. The Hall–Kier alpha value is -1.79. The van der Waals surface area contributed by atoms with E-state index in [2.05, 4.69) is 16.6 Å². The summed E-state index contributed by atoms with van der Waals surface area (Å²) in [6, 6.07) is 9.46. The SMILES string of the molecule is Cc1cc(SCc2ccc(C(=O)NN)cc2)n(C)n1. The van der Waals surface area contributed by atoms with Crippen molar-refractivity contribution in [1.29, 1.82) is 0 Å². The summed E-state index contributed by atoms with van der Waals surface area (Å²) in [5.41, 5.74) is 4.84. The minimum absolute atomic E-state index is 0.276. The monoisotopic (exact) mass is 276 g/mol. The minimum Gasteiger partial charge on any atom is -0.290 e. The van der Waals surface area contributed by atoms with Crippen molar-refractivity contribution in [3.05, 3.63) is 47.2 Å². The second-order valence-electron chi connectivity index (χ2n) is 4.21. The van der Waals surface area contributed by atoms with Gasteiger partial charge in [-0.3, -0.25) is 14.9 Å². The van der Waals surface area contributed by atoms with E-state index in [1.165, 1.54) is 0 Å². The number of rotatable bonds is 4. The zero-order valence-electron chi connectivity index (χ0n) is 10.9. The molecule has 0 aliphatic carbocycles. The van der Waals surface area contributed by atoms with Gasteiger partial charge in [-0.25, -0.2) is 5.84 Å². The van der Waals surface area contributed by atoms with Crippen LogP contribution in [0.25, 0.3) is 0 Å². The van der Waals surface area contributed by atoms with Gasteiger partial charge in [0.25, 0.3) is 5.91 Å². The molecular weight excluding hydrogens is 260 g/mol. The number of thioether (sulfide) groups is 1. The summed E-state index contributed by atoms with van der Waals surface area (Å²) < 4.78 is 1.87. The Balaban J connectivity index is 2.00. The predicted molar refractivity (Wildman–Crippen MR) is 75.6 cm³/mol. The Morgan fingerprint density at radius 1 is 1.42 bits per heavy atom. The molecule has 1 heterocycles. The van der Waals surface area contributed by atoms with Crippen molar-refractivity contribution in [1.82, 2.24) is 15.2 Å². The smallest absolute Gasteiger partial charge is 0.265 e. The van der Waals surface area contributed by atoms with Crippen molar-refractivity contribution < 1.29 is 4.79 Å². The topological polar surface area (TPSA) is 72.9 Å². The molecule has 5 nitrogen and oxygen atoms in total. The first-order valence-corrected chi connectivity index (χ1v) is 6.82. The first kappa shape index (κ1) is 13.6. The second kappa shape index (κ2) is 5.90. The molecule has 0 unspecified atom stereocenters. The standard InChI is InChI=1S/C13H16N4OS/c1-9-7-12(17(2)16-9)19-8-10-3-5-11(6-4-10)13(18)15-14/h3-7H,8,14H2,1-2H3,(H,15,18). The fourth-order valence-corrected chi connectivity index (χ4v) is 2.70. The fraction of sp³-hybridized carbons (Fsp3) is 0.231. The number of hydrazine groups is 1. The van der Waals surface area contributed by atoms with Gasteiger partial charge in [-0.15, -0.1) is 11.8 Å². The number of nitrogens with zero attached hydrogens (tertiary/aromatic N) is 2. The summed E-state index contributed by atoms with van der Waals surface area (Å²) in [4.78, 5) is 11.3. The number of hydrogen-bond acceptors (Lipinski definition) is 4. The van der Waals surface area contributed by atoms with Crippen molar-refractivity contribution in [2.45, 2.75) is 17.7 Å². The molecule has 1 amide bonds. The van der Waals surface area contributed by atoms with Crippen molar-refractivity contribution in [2.24, 2.45) is 12.9 Å². The summed E-state index contributed by atoms with van der Waals surface area (Å²) in [6.45, 7) is 1.98. The summed E-state index contributed by atoms with van der Waals surface area (Å²) in [7, 11) is 1.93. The van der Waals surface area contributed by atoms with Crippen LogP contribution in [0.2, 0.25) is 0 Å². The molecule has 0 atom stereocenters. The first-order chi connectivity index (χ1) is 9.10. The van der Waals surface area contributed by atoms with Gasteiger partial charge < -0.3 is 0 Å². The predicted octanol–water partition coefficient (Wildman–Crippen LogP) is 1.62. The molecule has 0 bridgehead atoms. The van der Waals surface area contributed by atoms with Crippen LogP contribution in [-0.4, -0.2) is 15.7 Å². The maximum Gasteiger partial charge on any atom is 0.265 e. The third-order valence-corrected chi connectivity index (χ3v) is 3.85. The molecule has 3 N–H and O–H groups in total. The number of aryl methyl sites for hydroxylation is 2. The van der Waals surface area contributed by atoms with Crippen LogP contribution in [0.1, 0.15) is 21.6 Å². The van der Waals surface area contributed by atoms with E-state index in [0.29, 0.717) is 5.56 Å². The van der Waals surface area contributed by atoms with E-state index in [1.54, 1.807) is 23.9 Å². The number of carbonyl (C=O) groups is 1. The number of nitrogens with two attached hydrogens (primary N) is 1. The van der Waals surface area contributed by atoms with Crippen LogP contribution >= 0.6 is 11.8 Å². The molecule has 0 spiro atoms. The third kappa shape index (κ3) is 3.36. The minimum atomic E-state index is -0.276. The van der Waals surface area contributed by atoms with E-state index in [4.69, 9.17) is 5.84 Å². The highest BCUT2D eigenvalue weighted by Crippen LogP contribution is 2.23. The maximum absolute atomic E-state index is 11.3. The largest absolute Gasteiger partial charge is 0.290 e. The average Bonchev–Trinajstić information content (AvgIpc) is 2.74. The van der Waals surface area contributed by atoms with Gasteiger partial charge in [0, 0.05) is 18.4 Å². The van der Waals surface area contributed by atoms with Gasteiger partial charge in [-0.05, 0) is 30.7 Å². The molecule has 0 aliphatic rings. The number of aromatic nitrogens is 2. The normalized spacial score (nSPS) is 10.5. The summed E-state index contributed by atoms with van der Waals surface area (Å²) in [5.74, 6) is 5.64. The molecule has 6 heteroatoms. The molecule has 0 fully saturated rings. The third-order valence-electron chi connectivity index (χ3n) is 2.69. The van der Waals surface area contributed by atoms with Gasteiger partial charge in [0.05, 0.1) is 10.7 Å². The number of amides is 1. The highest BCUT2D eigenvalue weighted by atomic mass is 32.2. The van der Waals surface area contributed by atoms with Crippen LogP contribution in [0.15, 0.2) is 35.4 Å². The van der Waals surface area contributed by atoms with Crippen LogP contribution in [-0.2, 0) is 12.8 Å². The van der Waals surface area contributed by atoms with E-state index < -0.39 is 0 Å². The number of benzene rings is 1. The molecular formula is C13H16N4OS. The molecule has 0 saturated heterocycles. The fourth-order valence-electron chi connectivity index (χ4n) is 1.71. The number of nitrogen functional groups attached to an aromatic ring is 1. The molecule has 100 valence electrons. The Morgan fingerprint density at radius 2 is 2.11 bits per heavy atom. The second-order valence-corrected chi connectivity index (χ2v) is 5.20. The Bertz CT molecular complexity index is 577. The number of hydrogen-bond donors (Lipinski definition) is 2. The lowest BCUT2D eigenvalue weighted by Crippen LogP contribution is -2.29. The van der Waals surface area contributed by atoms with Gasteiger partial charge in [-0.2, -0.15) is 5.10 Å². The Kier molecular flexibility index (Phi) is 4.24. The van der Waals surface area contributed by atoms with Gasteiger partial charge in [0.2, 0.25) is 0 Å². The molecule has 2 aromatic rings. The molecule has 19 heavy (non-hydrogen) atoms. The van der Waals surface area contributed by atoms with Crippen LogP contribution in [0.3, 0.4) is 0 Å². The Labute approximate surface area is 116 Å². The van der Waals surface area contributed by atoms with E-state index in [9.17, 15) is 4.79 Å². The maximum atomic E-state index is 11.3. The lowest BCUT2D eigenvalue weighted by molar-refractivity contribution is 0.0953. The molecule has 1 aromatic carbocycles. The Morgan fingerprint density at radius 3 is 2.63 bits per heavy atom. The van der Waals surface area contributed by atoms with Gasteiger partial charge >= 0.3 is 0 Å². The van der Waals surface area contributed by atoms with E-state index >= 15 is 0 Å². The van der Waals surface area contributed by atoms with Crippen molar-refractivity contribution in [2.75, 3.05) is 0 Å². The quantitative estimate of drug-likeness (QED) is 0.385. The van der Waals surface area contributed by atoms with Gasteiger partial charge in [0.1, 0.15) is 0 Å². The van der Waals surface area contributed by atoms with Crippen LogP contribution < -0.4 is 11.3 Å². The van der Waals surface area contributed by atoms with E-state index in [1.807, 2.05) is 30.8 Å². The zero-order chi connectivity index (χ0) is 13.8. The van der Waals surface area contributed by atoms with Crippen molar-refractivity contribution >= 4 is 17.7 Å². The molecule has 1 aromatic heterocycles. The van der Waals surface area contributed by atoms with Gasteiger partial charge in [-0.1, -0.05) is 12.1 Å². The number of carbonyl (C=O) groups excluding carboxylic acids is 1. The van der Waals surface area contributed by atoms with Gasteiger partial charge in [0.15, 0.2) is 0 Å². The molecule has 0 saturated carbocycles. The lowest BCUT2D eigenvalue weighted by Gasteiger charge is -2.04. The molecule has 2 rings (SSSR count). The number of nitrogens with one attached hydrogen (secondary N) is 1.